The van der Waals surface area contributed by atoms with Crippen molar-refractivity contribution in [3.05, 3.63) is 28.5 Å². The number of hydrogen-bond acceptors (Lipinski definition) is 3. The molecule has 1 aromatic carbocycles. The third-order valence-electron chi connectivity index (χ3n) is 2.15. The van der Waals surface area contributed by atoms with Gasteiger partial charge in [0, 0.05) is 4.47 Å². The molecule has 94 valence electrons. The summed E-state index contributed by atoms with van der Waals surface area (Å²) in [6.45, 7) is 3.57. The molecule has 0 radical (unpaired) electrons. The van der Waals surface area contributed by atoms with Gasteiger partial charge in [0.25, 0.3) is 5.91 Å². The summed E-state index contributed by atoms with van der Waals surface area (Å²) in [5.74, 6) is 3.93. The average molecular weight is 305 g/mol. The highest BCUT2D eigenvalue weighted by molar-refractivity contribution is 9.10. The Morgan fingerprint density at radius 3 is 2.71 bits per heavy atom. The Bertz CT molecular complexity index is 412. The Labute approximate surface area is 107 Å². The largest absolute Gasteiger partial charge is 0.477 e. The minimum absolute atomic E-state index is 0.0154. The highest BCUT2D eigenvalue weighted by atomic mass is 79.9. The normalized spacial score (nSPS) is 12.4. The number of halogens is 2. The zero-order valence-corrected chi connectivity index (χ0v) is 11.1. The van der Waals surface area contributed by atoms with Crippen LogP contribution >= 0.6 is 15.9 Å². The van der Waals surface area contributed by atoms with Crippen molar-refractivity contribution in [1.29, 1.82) is 0 Å². The van der Waals surface area contributed by atoms with Crippen molar-refractivity contribution in [2.45, 2.75) is 20.0 Å². The maximum absolute atomic E-state index is 13.5. The molecule has 0 heterocycles. The molecule has 6 heteroatoms. The lowest BCUT2D eigenvalue weighted by atomic mass is 10.1. The highest BCUT2D eigenvalue weighted by Crippen LogP contribution is 2.24. The first-order chi connectivity index (χ1) is 7.95. The Balaban J connectivity index is 2.93. The summed E-state index contributed by atoms with van der Waals surface area (Å²) >= 11 is 3.21. The Morgan fingerprint density at radius 2 is 2.18 bits per heavy atom. The number of rotatable bonds is 4. The first-order valence-corrected chi connectivity index (χ1v) is 5.87. The van der Waals surface area contributed by atoms with Crippen molar-refractivity contribution in [1.82, 2.24) is 5.43 Å². The molecule has 0 fully saturated rings. The standard InChI is InChI=1S/C11H14BrFN2O2/c1-6(2)10(11(16)15-14)17-9-5-7(12)3-4-8(9)13/h3-6,10H,14H2,1-2H3,(H,15,16). The predicted octanol–water partition coefficient (Wildman–Crippen LogP) is 1.98. The van der Waals surface area contributed by atoms with E-state index in [4.69, 9.17) is 10.6 Å². The second-order valence-electron chi connectivity index (χ2n) is 3.87. The molecule has 1 rings (SSSR count). The number of amides is 1. The summed E-state index contributed by atoms with van der Waals surface area (Å²) < 4.78 is 19.5. The van der Waals surface area contributed by atoms with Crippen LogP contribution in [0, 0.1) is 11.7 Å². The van der Waals surface area contributed by atoms with Crippen LogP contribution in [0.25, 0.3) is 0 Å². The molecule has 0 saturated carbocycles. The van der Waals surface area contributed by atoms with Crippen LogP contribution in [0.3, 0.4) is 0 Å². The van der Waals surface area contributed by atoms with Crippen LogP contribution in [0.4, 0.5) is 4.39 Å². The molecule has 0 spiro atoms. The van der Waals surface area contributed by atoms with Crippen LogP contribution in [-0.2, 0) is 4.79 Å². The molecule has 0 aliphatic heterocycles. The van der Waals surface area contributed by atoms with E-state index in [2.05, 4.69) is 15.9 Å². The van der Waals surface area contributed by atoms with Crippen molar-refractivity contribution >= 4 is 21.8 Å². The zero-order chi connectivity index (χ0) is 13.0. The van der Waals surface area contributed by atoms with Gasteiger partial charge in [0.1, 0.15) is 0 Å². The number of hydrazine groups is 1. The van der Waals surface area contributed by atoms with Gasteiger partial charge in [0.15, 0.2) is 17.7 Å². The average Bonchev–Trinajstić information content (AvgIpc) is 2.28. The van der Waals surface area contributed by atoms with E-state index >= 15 is 0 Å². The van der Waals surface area contributed by atoms with Crippen LogP contribution in [0.1, 0.15) is 13.8 Å². The SMILES string of the molecule is CC(C)C(Oc1cc(Br)ccc1F)C(=O)NN. The monoisotopic (exact) mass is 304 g/mol. The number of nitrogens with one attached hydrogen (secondary N) is 1. The minimum Gasteiger partial charge on any atom is -0.477 e. The van der Waals surface area contributed by atoms with E-state index in [1.54, 1.807) is 19.9 Å². The minimum atomic E-state index is -0.830. The molecule has 3 N–H and O–H groups in total. The first-order valence-electron chi connectivity index (χ1n) is 5.08. The Hall–Kier alpha value is -1.14. The molecular weight excluding hydrogens is 291 g/mol. The lowest BCUT2D eigenvalue weighted by Crippen LogP contribution is -2.44. The fourth-order valence-corrected chi connectivity index (χ4v) is 1.62. The number of ether oxygens (including phenoxy) is 1. The highest BCUT2D eigenvalue weighted by Gasteiger charge is 2.24. The smallest absolute Gasteiger partial charge is 0.275 e. The number of benzene rings is 1. The number of nitrogens with two attached hydrogens (primary N) is 1. The predicted molar refractivity (Wildman–Crippen MR) is 65.7 cm³/mol. The molecule has 0 saturated heterocycles. The summed E-state index contributed by atoms with van der Waals surface area (Å²) in [6, 6.07) is 4.28. The Morgan fingerprint density at radius 1 is 1.53 bits per heavy atom. The van der Waals surface area contributed by atoms with Gasteiger partial charge in [-0.1, -0.05) is 29.8 Å². The van der Waals surface area contributed by atoms with E-state index in [0.717, 1.165) is 0 Å². The fourth-order valence-electron chi connectivity index (χ4n) is 1.28. The summed E-state index contributed by atoms with van der Waals surface area (Å²) in [6.07, 6.45) is -0.830. The number of carbonyl (C=O) groups excluding carboxylic acids is 1. The topological polar surface area (TPSA) is 64.3 Å². The van der Waals surface area contributed by atoms with Crippen molar-refractivity contribution < 1.29 is 13.9 Å². The van der Waals surface area contributed by atoms with Crippen molar-refractivity contribution in [2.24, 2.45) is 11.8 Å². The summed E-state index contributed by atoms with van der Waals surface area (Å²) in [5.41, 5.74) is 2.00. The van der Waals surface area contributed by atoms with Gasteiger partial charge in [-0.3, -0.25) is 10.2 Å². The van der Waals surface area contributed by atoms with Crippen molar-refractivity contribution in [3.8, 4) is 5.75 Å². The van der Waals surface area contributed by atoms with E-state index in [0.29, 0.717) is 4.47 Å². The van der Waals surface area contributed by atoms with Gasteiger partial charge in [-0.15, -0.1) is 0 Å². The number of carbonyl (C=O) groups is 1. The third-order valence-corrected chi connectivity index (χ3v) is 2.65. The summed E-state index contributed by atoms with van der Waals surface area (Å²) in [7, 11) is 0. The molecule has 0 aliphatic carbocycles. The van der Waals surface area contributed by atoms with E-state index in [1.807, 2.05) is 5.43 Å². The molecule has 0 aromatic heterocycles. The maximum atomic E-state index is 13.5. The molecule has 1 unspecified atom stereocenters. The second-order valence-corrected chi connectivity index (χ2v) is 4.78. The summed E-state index contributed by atoms with van der Waals surface area (Å²) in [5, 5.41) is 0. The van der Waals surface area contributed by atoms with Gasteiger partial charge < -0.3 is 4.74 Å². The second kappa shape index (κ2) is 5.97. The third kappa shape index (κ3) is 3.67. The van der Waals surface area contributed by atoms with Crippen molar-refractivity contribution in [3.63, 3.8) is 0 Å². The van der Waals surface area contributed by atoms with Gasteiger partial charge >= 0.3 is 0 Å². The maximum Gasteiger partial charge on any atom is 0.275 e. The molecule has 0 aliphatic rings. The van der Waals surface area contributed by atoms with Crippen LogP contribution in [0.15, 0.2) is 22.7 Å². The molecule has 0 bridgehead atoms. The van der Waals surface area contributed by atoms with E-state index in [-0.39, 0.29) is 11.7 Å². The molecule has 1 aromatic rings. The van der Waals surface area contributed by atoms with Crippen LogP contribution in [0.5, 0.6) is 5.75 Å². The van der Waals surface area contributed by atoms with E-state index < -0.39 is 17.8 Å². The van der Waals surface area contributed by atoms with Gasteiger partial charge in [-0.2, -0.15) is 0 Å². The molecule has 1 amide bonds. The van der Waals surface area contributed by atoms with Crippen LogP contribution < -0.4 is 16.0 Å². The lowest BCUT2D eigenvalue weighted by Gasteiger charge is -2.21. The van der Waals surface area contributed by atoms with Crippen LogP contribution in [0.2, 0.25) is 0 Å². The molecular formula is C11H14BrFN2O2. The Kier molecular flexibility index (Phi) is 4.89. The van der Waals surface area contributed by atoms with E-state index in [9.17, 15) is 9.18 Å². The van der Waals surface area contributed by atoms with Gasteiger partial charge in [-0.25, -0.2) is 10.2 Å². The van der Waals surface area contributed by atoms with Gasteiger partial charge in [0.05, 0.1) is 0 Å². The molecule has 17 heavy (non-hydrogen) atoms. The first kappa shape index (κ1) is 13.9. The zero-order valence-electron chi connectivity index (χ0n) is 9.54. The fraction of sp³-hybridized carbons (Fsp3) is 0.364. The molecule has 1 atom stereocenters. The summed E-state index contributed by atoms with van der Waals surface area (Å²) in [4.78, 5) is 11.5. The quantitative estimate of drug-likeness (QED) is 0.508. The molecule has 4 nitrogen and oxygen atoms in total. The van der Waals surface area contributed by atoms with Crippen LogP contribution in [-0.4, -0.2) is 12.0 Å². The van der Waals surface area contributed by atoms with Gasteiger partial charge in [-0.05, 0) is 24.1 Å². The lowest BCUT2D eigenvalue weighted by molar-refractivity contribution is -0.129. The van der Waals surface area contributed by atoms with Gasteiger partial charge in [0.2, 0.25) is 0 Å². The number of hydrogen-bond donors (Lipinski definition) is 2. The van der Waals surface area contributed by atoms with E-state index in [1.165, 1.54) is 12.1 Å². The van der Waals surface area contributed by atoms with Crippen molar-refractivity contribution in [2.75, 3.05) is 0 Å².